The Balaban J connectivity index is 2.57. The standard InChI is InChI=1S/C10H8N2O2S/c1-7-6-11-10(15-7)8-4-2-3-5-9(8)12(13)14/h2-6H,1H3. The SMILES string of the molecule is Cc1cnc(-c2ccccc2[N+](=O)[O-])s1. The highest BCUT2D eigenvalue weighted by Gasteiger charge is 2.16. The van der Waals surface area contributed by atoms with E-state index in [-0.39, 0.29) is 10.6 Å². The molecule has 0 aliphatic carbocycles. The Kier molecular flexibility index (Phi) is 2.47. The van der Waals surface area contributed by atoms with Gasteiger partial charge < -0.3 is 0 Å². The van der Waals surface area contributed by atoms with Crippen LogP contribution in [0.3, 0.4) is 0 Å². The molecule has 0 fully saturated rings. The van der Waals surface area contributed by atoms with Gasteiger partial charge in [-0.2, -0.15) is 0 Å². The number of para-hydroxylation sites is 1. The number of nitrogens with zero attached hydrogens (tertiary/aromatic N) is 2. The first-order valence-corrected chi connectivity index (χ1v) is 5.16. The molecule has 0 unspecified atom stereocenters. The molecule has 2 aromatic rings. The minimum absolute atomic E-state index is 0.104. The summed E-state index contributed by atoms with van der Waals surface area (Å²) in [5, 5.41) is 11.5. The number of aromatic nitrogens is 1. The van der Waals surface area contributed by atoms with E-state index < -0.39 is 0 Å². The predicted molar refractivity (Wildman–Crippen MR) is 58.9 cm³/mol. The molecular formula is C10H8N2O2S. The lowest BCUT2D eigenvalue weighted by molar-refractivity contribution is -0.384. The Morgan fingerprint density at radius 1 is 1.40 bits per heavy atom. The fourth-order valence-electron chi connectivity index (χ4n) is 1.29. The van der Waals surface area contributed by atoms with Crippen LogP contribution < -0.4 is 0 Å². The normalized spacial score (nSPS) is 10.2. The minimum atomic E-state index is -0.383. The zero-order valence-electron chi connectivity index (χ0n) is 8.01. The van der Waals surface area contributed by atoms with Crippen molar-refractivity contribution >= 4 is 17.0 Å². The molecular weight excluding hydrogens is 212 g/mol. The van der Waals surface area contributed by atoms with Gasteiger partial charge in [-0.1, -0.05) is 12.1 Å². The number of hydrogen-bond acceptors (Lipinski definition) is 4. The van der Waals surface area contributed by atoms with Gasteiger partial charge >= 0.3 is 0 Å². The van der Waals surface area contributed by atoms with Gasteiger partial charge in [0, 0.05) is 17.1 Å². The number of rotatable bonds is 2. The lowest BCUT2D eigenvalue weighted by atomic mass is 10.2. The van der Waals surface area contributed by atoms with E-state index in [9.17, 15) is 10.1 Å². The molecule has 0 aliphatic rings. The maximum absolute atomic E-state index is 10.8. The summed E-state index contributed by atoms with van der Waals surface area (Å²) in [6.45, 7) is 1.93. The van der Waals surface area contributed by atoms with Gasteiger partial charge in [0.15, 0.2) is 0 Å². The fraction of sp³-hybridized carbons (Fsp3) is 0.100. The molecule has 5 heteroatoms. The molecule has 1 aromatic heterocycles. The van der Waals surface area contributed by atoms with E-state index in [0.717, 1.165) is 4.88 Å². The van der Waals surface area contributed by atoms with Crippen molar-refractivity contribution in [3.63, 3.8) is 0 Å². The molecule has 76 valence electrons. The highest BCUT2D eigenvalue weighted by Crippen LogP contribution is 2.31. The molecule has 0 saturated heterocycles. The van der Waals surface area contributed by atoms with Crippen LogP contribution in [0.2, 0.25) is 0 Å². The molecule has 0 aliphatic heterocycles. The van der Waals surface area contributed by atoms with Crippen molar-refractivity contribution in [1.29, 1.82) is 0 Å². The molecule has 0 spiro atoms. The molecule has 0 atom stereocenters. The Morgan fingerprint density at radius 3 is 2.73 bits per heavy atom. The second-order valence-electron chi connectivity index (χ2n) is 3.05. The lowest BCUT2D eigenvalue weighted by Crippen LogP contribution is -1.90. The third-order valence-corrected chi connectivity index (χ3v) is 2.90. The van der Waals surface area contributed by atoms with Crippen molar-refractivity contribution < 1.29 is 4.92 Å². The fourth-order valence-corrected chi connectivity index (χ4v) is 2.09. The van der Waals surface area contributed by atoms with Crippen LogP contribution in [0, 0.1) is 17.0 Å². The third kappa shape index (κ3) is 1.87. The van der Waals surface area contributed by atoms with E-state index in [0.29, 0.717) is 10.6 Å². The average Bonchev–Trinajstić information content (AvgIpc) is 2.65. The van der Waals surface area contributed by atoms with Crippen molar-refractivity contribution in [1.82, 2.24) is 4.98 Å². The summed E-state index contributed by atoms with van der Waals surface area (Å²) < 4.78 is 0. The van der Waals surface area contributed by atoms with Crippen molar-refractivity contribution in [2.45, 2.75) is 6.92 Å². The van der Waals surface area contributed by atoms with E-state index in [4.69, 9.17) is 0 Å². The highest BCUT2D eigenvalue weighted by molar-refractivity contribution is 7.15. The Labute approximate surface area is 90.4 Å². The molecule has 2 rings (SSSR count). The van der Waals surface area contributed by atoms with Crippen molar-refractivity contribution in [2.75, 3.05) is 0 Å². The van der Waals surface area contributed by atoms with Gasteiger partial charge in [-0.25, -0.2) is 4.98 Å². The summed E-state index contributed by atoms with van der Waals surface area (Å²) >= 11 is 1.46. The Hall–Kier alpha value is -1.75. The lowest BCUT2D eigenvalue weighted by Gasteiger charge is -1.97. The molecule has 1 aromatic carbocycles. The second-order valence-corrected chi connectivity index (χ2v) is 4.29. The number of nitro benzene ring substituents is 1. The average molecular weight is 220 g/mol. The Bertz CT molecular complexity index is 508. The van der Waals surface area contributed by atoms with Gasteiger partial charge in [0.25, 0.3) is 5.69 Å². The van der Waals surface area contributed by atoms with Crippen LogP contribution in [0.5, 0.6) is 0 Å². The van der Waals surface area contributed by atoms with Crippen LogP contribution >= 0.6 is 11.3 Å². The van der Waals surface area contributed by atoms with Gasteiger partial charge in [-0.05, 0) is 13.0 Å². The monoisotopic (exact) mass is 220 g/mol. The van der Waals surface area contributed by atoms with Crippen molar-refractivity contribution in [2.24, 2.45) is 0 Å². The van der Waals surface area contributed by atoms with Gasteiger partial charge in [0.2, 0.25) is 0 Å². The number of hydrogen-bond donors (Lipinski definition) is 0. The van der Waals surface area contributed by atoms with Crippen LogP contribution in [-0.4, -0.2) is 9.91 Å². The maximum atomic E-state index is 10.8. The topological polar surface area (TPSA) is 56.0 Å². The first kappa shape index (κ1) is 9.79. The zero-order valence-corrected chi connectivity index (χ0v) is 8.82. The van der Waals surface area contributed by atoms with Crippen LogP contribution in [0.1, 0.15) is 4.88 Å². The van der Waals surface area contributed by atoms with Crippen LogP contribution in [0.25, 0.3) is 10.6 Å². The second kappa shape index (κ2) is 3.78. The molecule has 0 saturated carbocycles. The number of nitro groups is 1. The number of aryl methyl sites for hydroxylation is 1. The smallest absolute Gasteiger partial charge is 0.258 e. The summed E-state index contributed by atoms with van der Waals surface area (Å²) in [6, 6.07) is 6.64. The van der Waals surface area contributed by atoms with Crippen molar-refractivity contribution in [3.8, 4) is 10.6 Å². The van der Waals surface area contributed by atoms with E-state index in [1.165, 1.54) is 17.4 Å². The predicted octanol–water partition coefficient (Wildman–Crippen LogP) is 3.03. The summed E-state index contributed by atoms with van der Waals surface area (Å²) in [5.74, 6) is 0. The largest absolute Gasteiger partial charge is 0.279 e. The van der Waals surface area contributed by atoms with Gasteiger partial charge in [-0.15, -0.1) is 11.3 Å². The van der Waals surface area contributed by atoms with Crippen LogP contribution in [0.15, 0.2) is 30.5 Å². The summed E-state index contributed by atoms with van der Waals surface area (Å²) in [6.07, 6.45) is 1.72. The van der Waals surface area contributed by atoms with Gasteiger partial charge in [0.1, 0.15) is 5.01 Å². The van der Waals surface area contributed by atoms with E-state index >= 15 is 0 Å². The maximum Gasteiger partial charge on any atom is 0.279 e. The minimum Gasteiger partial charge on any atom is -0.258 e. The first-order valence-electron chi connectivity index (χ1n) is 4.34. The molecule has 0 radical (unpaired) electrons. The Morgan fingerprint density at radius 2 is 2.13 bits per heavy atom. The van der Waals surface area contributed by atoms with Gasteiger partial charge in [0.05, 0.1) is 10.5 Å². The van der Waals surface area contributed by atoms with E-state index in [1.54, 1.807) is 24.4 Å². The molecule has 0 bridgehead atoms. The quantitative estimate of drug-likeness (QED) is 0.577. The van der Waals surface area contributed by atoms with E-state index in [1.807, 2.05) is 6.92 Å². The number of benzene rings is 1. The highest BCUT2D eigenvalue weighted by atomic mass is 32.1. The van der Waals surface area contributed by atoms with Crippen LogP contribution in [-0.2, 0) is 0 Å². The third-order valence-electron chi connectivity index (χ3n) is 1.95. The molecule has 0 N–H and O–H groups in total. The molecule has 0 amide bonds. The van der Waals surface area contributed by atoms with Crippen LogP contribution in [0.4, 0.5) is 5.69 Å². The van der Waals surface area contributed by atoms with Gasteiger partial charge in [-0.3, -0.25) is 10.1 Å². The summed E-state index contributed by atoms with van der Waals surface area (Å²) in [7, 11) is 0. The first-order chi connectivity index (χ1) is 7.18. The molecule has 4 nitrogen and oxygen atoms in total. The molecule has 1 heterocycles. The molecule has 15 heavy (non-hydrogen) atoms. The van der Waals surface area contributed by atoms with Crippen molar-refractivity contribution in [3.05, 3.63) is 45.5 Å². The summed E-state index contributed by atoms with van der Waals surface area (Å²) in [4.78, 5) is 15.6. The summed E-state index contributed by atoms with van der Waals surface area (Å²) in [5.41, 5.74) is 0.687. The zero-order chi connectivity index (χ0) is 10.8. The van der Waals surface area contributed by atoms with E-state index in [2.05, 4.69) is 4.98 Å². The number of thiazole rings is 1.